The third kappa shape index (κ3) is 4.43. The lowest BCUT2D eigenvalue weighted by atomic mass is 9.68. The number of rotatable bonds is 4. The summed E-state index contributed by atoms with van der Waals surface area (Å²) in [5.41, 5.74) is -0.721. The minimum atomic E-state index is -4.09. The summed E-state index contributed by atoms with van der Waals surface area (Å²) in [4.78, 5) is 0. The summed E-state index contributed by atoms with van der Waals surface area (Å²) in [6.45, 7) is 10.8. The predicted molar refractivity (Wildman–Crippen MR) is 57.7 cm³/mol. The molecule has 0 rings (SSSR count). The van der Waals surface area contributed by atoms with Crippen molar-refractivity contribution < 1.29 is 13.2 Å². The van der Waals surface area contributed by atoms with Crippen LogP contribution in [0.5, 0.6) is 0 Å². The summed E-state index contributed by atoms with van der Waals surface area (Å²) in [6, 6.07) is 0. The molecule has 0 radical (unpaired) electrons. The van der Waals surface area contributed by atoms with Gasteiger partial charge in [0, 0.05) is 0 Å². The maximum absolute atomic E-state index is 12.6. The van der Waals surface area contributed by atoms with E-state index in [-0.39, 0.29) is 5.41 Å². The Morgan fingerprint density at radius 2 is 1.40 bits per heavy atom. The minimum Gasteiger partial charge on any atom is -0.171 e. The number of hydrogen-bond donors (Lipinski definition) is 0. The SMILES string of the molecule is CCC(C)(C)CC(C)(C)C(C)C(F)(F)F. The van der Waals surface area contributed by atoms with Crippen molar-refractivity contribution in [2.45, 2.75) is 60.6 Å². The molecule has 0 aromatic heterocycles. The lowest BCUT2D eigenvalue weighted by Crippen LogP contribution is -2.37. The number of alkyl halides is 3. The molecule has 92 valence electrons. The van der Waals surface area contributed by atoms with Crippen molar-refractivity contribution >= 4 is 0 Å². The second kappa shape index (κ2) is 4.34. The van der Waals surface area contributed by atoms with Gasteiger partial charge < -0.3 is 0 Å². The van der Waals surface area contributed by atoms with Crippen LogP contribution in [0.25, 0.3) is 0 Å². The van der Waals surface area contributed by atoms with E-state index in [2.05, 4.69) is 0 Å². The zero-order valence-electron chi connectivity index (χ0n) is 10.6. The molecule has 0 amide bonds. The van der Waals surface area contributed by atoms with Crippen molar-refractivity contribution in [1.82, 2.24) is 0 Å². The molecule has 0 fully saturated rings. The van der Waals surface area contributed by atoms with Crippen LogP contribution >= 0.6 is 0 Å². The van der Waals surface area contributed by atoms with Gasteiger partial charge in [-0.2, -0.15) is 13.2 Å². The normalized spacial score (nSPS) is 16.6. The summed E-state index contributed by atoms with van der Waals surface area (Å²) < 4.78 is 37.9. The summed E-state index contributed by atoms with van der Waals surface area (Å²) in [5, 5.41) is 0. The molecular weight excluding hydrogens is 201 g/mol. The molecular formula is C12H23F3. The molecule has 0 aliphatic rings. The van der Waals surface area contributed by atoms with Gasteiger partial charge in [-0.15, -0.1) is 0 Å². The fraction of sp³-hybridized carbons (Fsp3) is 1.00. The van der Waals surface area contributed by atoms with Gasteiger partial charge in [0.2, 0.25) is 0 Å². The number of halogens is 3. The highest BCUT2D eigenvalue weighted by Gasteiger charge is 2.46. The van der Waals surface area contributed by atoms with E-state index in [0.29, 0.717) is 6.42 Å². The van der Waals surface area contributed by atoms with Crippen LogP contribution in [0.3, 0.4) is 0 Å². The topological polar surface area (TPSA) is 0 Å². The highest BCUT2D eigenvalue weighted by atomic mass is 19.4. The van der Waals surface area contributed by atoms with Crippen LogP contribution in [0, 0.1) is 16.7 Å². The third-order valence-corrected chi connectivity index (χ3v) is 3.55. The first kappa shape index (κ1) is 14.8. The van der Waals surface area contributed by atoms with E-state index < -0.39 is 17.5 Å². The van der Waals surface area contributed by atoms with Crippen LogP contribution in [0.4, 0.5) is 13.2 Å². The Hall–Kier alpha value is -0.210. The van der Waals surface area contributed by atoms with E-state index in [1.165, 1.54) is 6.92 Å². The molecule has 0 aliphatic heterocycles. The Morgan fingerprint density at radius 1 is 1.00 bits per heavy atom. The van der Waals surface area contributed by atoms with Gasteiger partial charge in [0.1, 0.15) is 0 Å². The molecule has 0 nitrogen and oxygen atoms in total. The maximum Gasteiger partial charge on any atom is 0.392 e. The highest BCUT2D eigenvalue weighted by molar-refractivity contribution is 4.85. The second-order valence-corrected chi connectivity index (χ2v) is 5.95. The Kier molecular flexibility index (Phi) is 4.28. The van der Waals surface area contributed by atoms with E-state index in [0.717, 1.165) is 6.42 Å². The van der Waals surface area contributed by atoms with Crippen molar-refractivity contribution in [3.63, 3.8) is 0 Å². The van der Waals surface area contributed by atoms with Gasteiger partial charge in [0.05, 0.1) is 5.92 Å². The predicted octanol–water partition coefficient (Wildman–Crippen LogP) is 5.04. The first-order valence-electron chi connectivity index (χ1n) is 5.49. The van der Waals surface area contributed by atoms with Crippen LogP contribution in [0.2, 0.25) is 0 Å². The summed E-state index contributed by atoms with van der Waals surface area (Å²) in [7, 11) is 0. The molecule has 0 saturated heterocycles. The highest BCUT2D eigenvalue weighted by Crippen LogP contribution is 2.46. The van der Waals surface area contributed by atoms with Crippen LogP contribution in [-0.2, 0) is 0 Å². The van der Waals surface area contributed by atoms with Crippen LogP contribution in [0.15, 0.2) is 0 Å². The van der Waals surface area contributed by atoms with Gasteiger partial charge in [-0.25, -0.2) is 0 Å². The Balaban J connectivity index is 4.69. The Bertz CT molecular complexity index is 201. The van der Waals surface area contributed by atoms with Crippen molar-refractivity contribution in [2.24, 2.45) is 16.7 Å². The molecule has 0 bridgehead atoms. The molecule has 0 aromatic carbocycles. The van der Waals surface area contributed by atoms with Gasteiger partial charge >= 0.3 is 6.18 Å². The summed E-state index contributed by atoms with van der Waals surface area (Å²) in [6.07, 6.45) is -2.59. The lowest BCUT2D eigenvalue weighted by Gasteiger charge is -2.39. The van der Waals surface area contributed by atoms with Crippen LogP contribution in [0.1, 0.15) is 54.4 Å². The van der Waals surface area contributed by atoms with Crippen LogP contribution < -0.4 is 0 Å². The summed E-state index contributed by atoms with van der Waals surface area (Å²) in [5.74, 6) is -1.25. The largest absolute Gasteiger partial charge is 0.392 e. The maximum atomic E-state index is 12.6. The van der Waals surface area contributed by atoms with Crippen LogP contribution in [-0.4, -0.2) is 6.18 Å². The van der Waals surface area contributed by atoms with E-state index in [1.54, 1.807) is 13.8 Å². The average Bonchev–Trinajstić information content (AvgIpc) is 1.99. The van der Waals surface area contributed by atoms with Gasteiger partial charge in [0.25, 0.3) is 0 Å². The Labute approximate surface area is 91.3 Å². The van der Waals surface area contributed by atoms with Gasteiger partial charge in [-0.3, -0.25) is 0 Å². The molecule has 15 heavy (non-hydrogen) atoms. The van der Waals surface area contributed by atoms with Gasteiger partial charge in [0.15, 0.2) is 0 Å². The summed E-state index contributed by atoms with van der Waals surface area (Å²) >= 11 is 0. The van der Waals surface area contributed by atoms with Gasteiger partial charge in [-0.1, -0.05) is 48.0 Å². The fourth-order valence-corrected chi connectivity index (χ4v) is 1.95. The Morgan fingerprint density at radius 3 is 1.67 bits per heavy atom. The minimum absolute atomic E-state index is 0.0248. The molecule has 0 spiro atoms. The van der Waals surface area contributed by atoms with Crippen molar-refractivity contribution in [3.05, 3.63) is 0 Å². The fourth-order valence-electron chi connectivity index (χ4n) is 1.95. The molecule has 0 N–H and O–H groups in total. The zero-order chi connectivity index (χ0) is 12.5. The molecule has 0 aromatic rings. The zero-order valence-corrected chi connectivity index (χ0v) is 10.6. The lowest BCUT2D eigenvalue weighted by molar-refractivity contribution is -0.200. The van der Waals surface area contributed by atoms with E-state index in [9.17, 15) is 13.2 Å². The van der Waals surface area contributed by atoms with Crippen molar-refractivity contribution in [3.8, 4) is 0 Å². The first-order chi connectivity index (χ1) is 6.42. The monoisotopic (exact) mass is 224 g/mol. The van der Waals surface area contributed by atoms with E-state index in [1.807, 2.05) is 20.8 Å². The quantitative estimate of drug-likeness (QED) is 0.627. The molecule has 0 aliphatic carbocycles. The van der Waals surface area contributed by atoms with Gasteiger partial charge in [-0.05, 0) is 17.3 Å². The average molecular weight is 224 g/mol. The van der Waals surface area contributed by atoms with E-state index in [4.69, 9.17) is 0 Å². The molecule has 3 heteroatoms. The van der Waals surface area contributed by atoms with E-state index >= 15 is 0 Å². The smallest absolute Gasteiger partial charge is 0.171 e. The third-order valence-electron chi connectivity index (χ3n) is 3.55. The second-order valence-electron chi connectivity index (χ2n) is 5.95. The molecule has 1 unspecified atom stereocenters. The standard InChI is InChI=1S/C12H23F3/c1-7-10(3,4)8-11(5,6)9(2)12(13,14)15/h9H,7-8H2,1-6H3. The van der Waals surface area contributed by atoms with Crippen molar-refractivity contribution in [2.75, 3.05) is 0 Å². The number of hydrogen-bond acceptors (Lipinski definition) is 0. The van der Waals surface area contributed by atoms with Crippen molar-refractivity contribution in [1.29, 1.82) is 0 Å². The molecule has 0 saturated carbocycles. The molecule has 0 heterocycles. The molecule has 1 atom stereocenters. The first-order valence-corrected chi connectivity index (χ1v) is 5.49.